The third kappa shape index (κ3) is 11.6. The molecule has 0 spiro atoms. The van der Waals surface area contributed by atoms with Crippen LogP contribution in [0.25, 0.3) is 0 Å². The van der Waals surface area contributed by atoms with E-state index in [0.29, 0.717) is 19.3 Å². The SMILES string of the molecule is CC[C@@H]1CCC(NC(=O)OC(C)(C)C)[C@@H](OC2C(O)C(O[C@H]3OCC(C)(O)[C@H](N(C)C(=O)OC(C)(C)C)C3O)[C@H](NC(=O)[C@@H](O)CC)C[C@@H]2C)O1. The van der Waals surface area contributed by atoms with Gasteiger partial charge in [0.2, 0.25) is 5.91 Å². The molecule has 6 N–H and O–H groups in total. The second kappa shape index (κ2) is 17.2. The molecule has 2 aliphatic heterocycles. The maximum absolute atomic E-state index is 13.0. The van der Waals surface area contributed by atoms with E-state index in [1.807, 2.05) is 13.8 Å². The van der Waals surface area contributed by atoms with Crippen LogP contribution in [0.3, 0.4) is 0 Å². The second-order valence-electron chi connectivity index (χ2n) is 16.4. The Bertz CT molecular complexity index is 1170. The van der Waals surface area contributed by atoms with Crippen molar-refractivity contribution in [2.75, 3.05) is 13.7 Å². The number of nitrogens with one attached hydrogen (secondary N) is 2. The van der Waals surface area contributed by atoms with E-state index in [1.54, 1.807) is 48.5 Å². The fraction of sp³-hybridized carbons (Fsp3) is 0.914. The van der Waals surface area contributed by atoms with E-state index in [1.165, 1.54) is 14.0 Å². The summed E-state index contributed by atoms with van der Waals surface area (Å²) in [6, 6.07) is -2.74. The highest BCUT2D eigenvalue weighted by Gasteiger charge is 2.54. The van der Waals surface area contributed by atoms with Crippen LogP contribution in [0.2, 0.25) is 0 Å². The van der Waals surface area contributed by atoms with Gasteiger partial charge in [-0.1, -0.05) is 20.8 Å². The first-order chi connectivity index (χ1) is 23.5. The number of nitrogens with zero attached hydrogens (tertiary/aromatic N) is 1. The molecule has 3 aliphatic rings. The van der Waals surface area contributed by atoms with Gasteiger partial charge in [-0.15, -0.1) is 0 Å². The molecule has 0 aromatic heterocycles. The highest BCUT2D eigenvalue weighted by atomic mass is 16.7. The summed E-state index contributed by atoms with van der Waals surface area (Å²) in [5.41, 5.74) is -3.30. The number of carbonyl (C=O) groups is 3. The number of amides is 3. The lowest BCUT2D eigenvalue weighted by Gasteiger charge is -2.50. The molecule has 0 aromatic rings. The van der Waals surface area contributed by atoms with Gasteiger partial charge in [0.25, 0.3) is 0 Å². The normalized spacial score (nSPS) is 36.8. The van der Waals surface area contributed by atoms with Crippen molar-refractivity contribution in [2.24, 2.45) is 5.92 Å². The van der Waals surface area contributed by atoms with E-state index >= 15 is 0 Å². The number of carbonyl (C=O) groups excluding carboxylic acids is 3. The zero-order valence-electron chi connectivity index (χ0n) is 32.1. The second-order valence-corrected chi connectivity index (χ2v) is 16.4. The summed E-state index contributed by atoms with van der Waals surface area (Å²) in [6.07, 6.45) is -8.41. The first-order valence-corrected chi connectivity index (χ1v) is 18.1. The molecule has 1 aliphatic carbocycles. The van der Waals surface area contributed by atoms with Crippen molar-refractivity contribution in [3.05, 3.63) is 0 Å². The molecular formula is C35H63N3O13. The lowest BCUT2D eigenvalue weighted by atomic mass is 9.79. The molecule has 13 atom stereocenters. The molecule has 2 saturated heterocycles. The molecule has 16 nitrogen and oxygen atoms in total. The van der Waals surface area contributed by atoms with Gasteiger partial charge in [0.15, 0.2) is 12.6 Å². The maximum atomic E-state index is 13.0. The van der Waals surface area contributed by atoms with Crippen LogP contribution in [0.1, 0.15) is 101 Å². The van der Waals surface area contributed by atoms with E-state index in [-0.39, 0.29) is 25.6 Å². The largest absolute Gasteiger partial charge is 0.444 e. The summed E-state index contributed by atoms with van der Waals surface area (Å²) < 4.78 is 35.7. The Morgan fingerprint density at radius 3 is 2.10 bits per heavy atom. The molecule has 2 heterocycles. The molecule has 6 unspecified atom stereocenters. The van der Waals surface area contributed by atoms with Crippen LogP contribution in [-0.4, -0.2) is 141 Å². The molecular weight excluding hydrogens is 670 g/mol. The maximum Gasteiger partial charge on any atom is 0.410 e. The summed E-state index contributed by atoms with van der Waals surface area (Å²) >= 11 is 0. The number of hydrogen-bond acceptors (Lipinski definition) is 13. The molecule has 51 heavy (non-hydrogen) atoms. The number of aliphatic hydroxyl groups is 4. The molecule has 3 rings (SSSR count). The number of rotatable bonds is 10. The summed E-state index contributed by atoms with van der Waals surface area (Å²) in [6.45, 7) is 16.8. The van der Waals surface area contributed by atoms with Gasteiger partial charge in [0.1, 0.15) is 41.2 Å². The average Bonchev–Trinajstić information content (AvgIpc) is 3.00. The van der Waals surface area contributed by atoms with Crippen molar-refractivity contribution in [1.82, 2.24) is 15.5 Å². The Kier molecular flexibility index (Phi) is 14.6. The number of ether oxygens (including phenoxy) is 6. The van der Waals surface area contributed by atoms with Crippen LogP contribution in [0.4, 0.5) is 9.59 Å². The summed E-state index contributed by atoms with van der Waals surface area (Å²) in [7, 11) is 1.38. The molecule has 0 aromatic carbocycles. The van der Waals surface area contributed by atoms with Crippen molar-refractivity contribution >= 4 is 18.1 Å². The molecule has 296 valence electrons. The molecule has 3 fully saturated rings. The van der Waals surface area contributed by atoms with Crippen LogP contribution < -0.4 is 10.6 Å². The van der Waals surface area contributed by atoms with E-state index in [0.717, 1.165) is 4.90 Å². The summed E-state index contributed by atoms with van der Waals surface area (Å²) in [5.74, 6) is -1.07. The van der Waals surface area contributed by atoms with Crippen LogP contribution in [0.5, 0.6) is 0 Å². The van der Waals surface area contributed by atoms with Gasteiger partial charge in [-0.3, -0.25) is 4.79 Å². The number of hydrogen-bond donors (Lipinski definition) is 6. The summed E-state index contributed by atoms with van der Waals surface area (Å²) in [5, 5.41) is 50.6. The standard InChI is InChI=1S/C35H63N3O13/c1-12-19-14-15-20(37-31(43)50-33(4,5)6)29(47-19)48-25-18(3)16-21(36-28(42)22(39)13-2)26(23(25)40)49-30-24(41)27(35(10,45)17-46-30)38(11)32(44)51-34(7,8)9/h18-27,29-30,39-41,45H,12-17H2,1-11H3,(H,36,42)(H,37,43)/t18-,19+,20?,21+,22-,23?,24?,25?,26?,27+,29+,30+,35?/m0/s1. The zero-order valence-corrected chi connectivity index (χ0v) is 32.1. The highest BCUT2D eigenvalue weighted by molar-refractivity contribution is 5.80. The number of alkyl carbamates (subject to hydrolysis) is 1. The lowest BCUT2D eigenvalue weighted by Crippen LogP contribution is -2.69. The Labute approximate surface area is 301 Å². The molecule has 0 bridgehead atoms. The van der Waals surface area contributed by atoms with Crippen LogP contribution in [-0.2, 0) is 33.2 Å². The Balaban J connectivity index is 1.91. The van der Waals surface area contributed by atoms with Crippen LogP contribution >= 0.6 is 0 Å². The topological polar surface area (TPSA) is 215 Å². The monoisotopic (exact) mass is 733 g/mol. The fourth-order valence-electron chi connectivity index (χ4n) is 6.78. The fourth-order valence-corrected chi connectivity index (χ4v) is 6.78. The average molecular weight is 734 g/mol. The molecule has 16 heteroatoms. The minimum atomic E-state index is -1.72. The lowest BCUT2D eigenvalue weighted by molar-refractivity contribution is -0.316. The van der Waals surface area contributed by atoms with Gasteiger partial charge >= 0.3 is 12.2 Å². The first-order valence-electron chi connectivity index (χ1n) is 18.1. The minimum Gasteiger partial charge on any atom is -0.444 e. The Morgan fingerprint density at radius 1 is 0.922 bits per heavy atom. The van der Waals surface area contributed by atoms with Gasteiger partial charge in [-0.05, 0) is 86.5 Å². The summed E-state index contributed by atoms with van der Waals surface area (Å²) in [4.78, 5) is 39.7. The van der Waals surface area contributed by atoms with Gasteiger partial charge in [-0.25, -0.2) is 9.59 Å². The molecule has 0 radical (unpaired) electrons. The Morgan fingerprint density at radius 2 is 1.53 bits per heavy atom. The minimum absolute atomic E-state index is 0.149. The zero-order chi connectivity index (χ0) is 38.6. The van der Waals surface area contributed by atoms with Crippen molar-refractivity contribution < 1.29 is 63.2 Å². The van der Waals surface area contributed by atoms with E-state index in [2.05, 4.69) is 10.6 Å². The quantitative estimate of drug-likeness (QED) is 0.190. The predicted octanol–water partition coefficient (Wildman–Crippen LogP) is 1.93. The van der Waals surface area contributed by atoms with Crippen molar-refractivity contribution in [2.45, 2.75) is 185 Å². The molecule has 1 saturated carbocycles. The van der Waals surface area contributed by atoms with E-state index in [9.17, 15) is 34.8 Å². The van der Waals surface area contributed by atoms with Gasteiger partial charge < -0.3 is 64.4 Å². The number of aliphatic hydroxyl groups excluding tert-OH is 3. The van der Waals surface area contributed by atoms with Crippen LogP contribution in [0.15, 0.2) is 0 Å². The van der Waals surface area contributed by atoms with E-state index in [4.69, 9.17) is 28.4 Å². The van der Waals surface area contributed by atoms with E-state index < -0.39 is 102 Å². The van der Waals surface area contributed by atoms with Crippen molar-refractivity contribution in [3.8, 4) is 0 Å². The smallest absolute Gasteiger partial charge is 0.410 e. The Hall–Kier alpha value is -2.31. The van der Waals surface area contributed by atoms with Crippen LogP contribution in [0, 0.1) is 5.92 Å². The number of likely N-dealkylation sites (N-methyl/N-ethyl adjacent to an activating group) is 1. The first kappa shape index (κ1) is 43.1. The van der Waals surface area contributed by atoms with Gasteiger partial charge in [-0.2, -0.15) is 0 Å². The van der Waals surface area contributed by atoms with Gasteiger partial charge in [0, 0.05) is 7.05 Å². The molecule has 3 amide bonds. The van der Waals surface area contributed by atoms with Gasteiger partial charge in [0.05, 0.1) is 36.9 Å². The van der Waals surface area contributed by atoms with Crippen molar-refractivity contribution in [3.63, 3.8) is 0 Å². The third-order valence-corrected chi connectivity index (χ3v) is 9.35. The third-order valence-electron chi connectivity index (χ3n) is 9.35. The van der Waals surface area contributed by atoms with Crippen molar-refractivity contribution in [1.29, 1.82) is 0 Å². The predicted molar refractivity (Wildman–Crippen MR) is 183 cm³/mol. The highest BCUT2D eigenvalue weighted by Crippen LogP contribution is 2.36.